The predicted molar refractivity (Wildman–Crippen MR) is 87.3 cm³/mol. The molecule has 0 fully saturated rings. The lowest BCUT2D eigenvalue weighted by Gasteiger charge is -2.13. The number of ether oxygens (including phenoxy) is 2. The molecule has 1 N–H and O–H groups in total. The van der Waals surface area contributed by atoms with Crippen molar-refractivity contribution in [2.45, 2.75) is 10.6 Å². The Bertz CT molecular complexity index is 712. The molecule has 0 aliphatic carbocycles. The van der Waals surface area contributed by atoms with Crippen molar-refractivity contribution < 1.29 is 24.2 Å². The molecular weight excluding hydrogens is 316 g/mol. The summed E-state index contributed by atoms with van der Waals surface area (Å²) in [7, 11) is 2.68. The SMILES string of the molecule is COC(=O)c1cc(OC)cc(CSc2ccccc2)c1C(=O)O. The topological polar surface area (TPSA) is 72.8 Å². The quantitative estimate of drug-likeness (QED) is 0.645. The van der Waals surface area contributed by atoms with Crippen molar-refractivity contribution in [1.29, 1.82) is 0 Å². The van der Waals surface area contributed by atoms with Gasteiger partial charge in [0.1, 0.15) is 5.75 Å². The first-order chi connectivity index (χ1) is 11.1. The maximum atomic E-state index is 11.9. The summed E-state index contributed by atoms with van der Waals surface area (Å²) in [6, 6.07) is 12.6. The molecule has 0 unspecified atom stereocenters. The molecule has 0 bridgehead atoms. The Balaban J connectivity index is 2.43. The summed E-state index contributed by atoms with van der Waals surface area (Å²) in [4.78, 5) is 24.5. The zero-order valence-electron chi connectivity index (χ0n) is 12.7. The van der Waals surface area contributed by atoms with Gasteiger partial charge in [-0.05, 0) is 29.8 Å². The highest BCUT2D eigenvalue weighted by Gasteiger charge is 2.23. The minimum absolute atomic E-state index is 0.0111. The molecule has 0 radical (unpaired) electrons. The van der Waals surface area contributed by atoms with E-state index in [1.165, 1.54) is 32.0 Å². The van der Waals surface area contributed by atoms with Gasteiger partial charge in [-0.2, -0.15) is 0 Å². The molecule has 0 aliphatic heterocycles. The molecular formula is C17H16O5S. The number of carbonyl (C=O) groups excluding carboxylic acids is 1. The number of esters is 1. The van der Waals surface area contributed by atoms with Crippen molar-refractivity contribution >= 4 is 23.7 Å². The summed E-state index contributed by atoms with van der Waals surface area (Å²) in [5.74, 6) is -1.06. The second-order valence-electron chi connectivity index (χ2n) is 4.61. The van der Waals surface area contributed by atoms with Crippen LogP contribution < -0.4 is 4.74 Å². The zero-order valence-corrected chi connectivity index (χ0v) is 13.6. The third-order valence-electron chi connectivity index (χ3n) is 3.19. The van der Waals surface area contributed by atoms with Crippen LogP contribution >= 0.6 is 11.8 Å². The van der Waals surface area contributed by atoms with Gasteiger partial charge in [-0.3, -0.25) is 0 Å². The van der Waals surface area contributed by atoms with E-state index < -0.39 is 11.9 Å². The lowest BCUT2D eigenvalue weighted by Crippen LogP contribution is -2.13. The van der Waals surface area contributed by atoms with Gasteiger partial charge in [0.2, 0.25) is 0 Å². The first-order valence-electron chi connectivity index (χ1n) is 6.77. The van der Waals surface area contributed by atoms with E-state index in [9.17, 15) is 14.7 Å². The fourth-order valence-corrected chi connectivity index (χ4v) is 3.01. The molecule has 120 valence electrons. The summed E-state index contributed by atoms with van der Waals surface area (Å²) >= 11 is 1.48. The normalized spacial score (nSPS) is 10.2. The van der Waals surface area contributed by atoms with Crippen LogP contribution in [0.5, 0.6) is 5.75 Å². The molecule has 0 spiro atoms. The molecule has 0 atom stereocenters. The van der Waals surface area contributed by atoms with E-state index in [0.29, 0.717) is 17.1 Å². The smallest absolute Gasteiger partial charge is 0.338 e. The molecule has 0 heterocycles. The first-order valence-corrected chi connectivity index (χ1v) is 7.75. The fourth-order valence-electron chi connectivity index (χ4n) is 2.11. The fraction of sp³-hybridized carbons (Fsp3) is 0.176. The van der Waals surface area contributed by atoms with E-state index >= 15 is 0 Å². The minimum atomic E-state index is -1.17. The number of rotatable bonds is 6. The van der Waals surface area contributed by atoms with Crippen LogP contribution in [0.3, 0.4) is 0 Å². The monoisotopic (exact) mass is 332 g/mol. The maximum Gasteiger partial charge on any atom is 0.338 e. The van der Waals surface area contributed by atoms with Crippen LogP contribution in [0.15, 0.2) is 47.4 Å². The van der Waals surface area contributed by atoms with Crippen LogP contribution in [-0.4, -0.2) is 31.3 Å². The lowest BCUT2D eigenvalue weighted by molar-refractivity contribution is 0.0582. The Kier molecular flexibility index (Phi) is 5.65. The van der Waals surface area contributed by atoms with Crippen LogP contribution in [0.2, 0.25) is 0 Å². The molecule has 6 heteroatoms. The summed E-state index contributed by atoms with van der Waals surface area (Å²) in [6.07, 6.45) is 0. The Hall–Kier alpha value is -2.47. The number of hydrogen-bond donors (Lipinski definition) is 1. The average molecular weight is 332 g/mol. The summed E-state index contributed by atoms with van der Waals surface area (Å²) in [5.41, 5.74) is 0.440. The highest BCUT2D eigenvalue weighted by Crippen LogP contribution is 2.29. The maximum absolute atomic E-state index is 11.9. The van der Waals surface area contributed by atoms with E-state index in [2.05, 4.69) is 4.74 Å². The van der Waals surface area contributed by atoms with E-state index in [0.717, 1.165) is 4.90 Å². The van der Waals surface area contributed by atoms with Crippen molar-refractivity contribution in [2.24, 2.45) is 0 Å². The van der Waals surface area contributed by atoms with Crippen LogP contribution in [0, 0.1) is 0 Å². The van der Waals surface area contributed by atoms with Crippen molar-refractivity contribution in [1.82, 2.24) is 0 Å². The molecule has 2 rings (SSSR count). The first kappa shape index (κ1) is 16.9. The lowest BCUT2D eigenvalue weighted by atomic mass is 10.0. The number of methoxy groups -OCH3 is 2. The Morgan fingerprint density at radius 2 is 1.83 bits per heavy atom. The highest BCUT2D eigenvalue weighted by atomic mass is 32.2. The third kappa shape index (κ3) is 4.04. The van der Waals surface area contributed by atoms with E-state index in [1.54, 1.807) is 6.07 Å². The third-order valence-corrected chi connectivity index (χ3v) is 4.25. The van der Waals surface area contributed by atoms with Gasteiger partial charge in [0.05, 0.1) is 25.3 Å². The second kappa shape index (κ2) is 7.69. The zero-order chi connectivity index (χ0) is 16.8. The highest BCUT2D eigenvalue weighted by molar-refractivity contribution is 7.98. The van der Waals surface area contributed by atoms with E-state index in [4.69, 9.17) is 4.74 Å². The molecule has 0 aliphatic rings. The van der Waals surface area contributed by atoms with E-state index in [1.807, 2.05) is 30.3 Å². The summed E-state index contributed by atoms with van der Waals surface area (Å²) in [5, 5.41) is 9.49. The molecule has 5 nitrogen and oxygen atoms in total. The number of carboxylic acid groups (broad SMARTS) is 1. The van der Waals surface area contributed by atoms with E-state index in [-0.39, 0.29) is 11.1 Å². The Labute approximate surface area is 138 Å². The second-order valence-corrected chi connectivity index (χ2v) is 5.66. The standard InChI is InChI=1S/C17H16O5S/c1-21-12-8-11(10-23-13-6-4-3-5-7-13)15(16(18)19)14(9-12)17(20)22-2/h3-9H,10H2,1-2H3,(H,18,19). The van der Waals surface area contributed by atoms with Crippen LogP contribution in [0.1, 0.15) is 26.3 Å². The van der Waals surface area contributed by atoms with Gasteiger partial charge < -0.3 is 14.6 Å². The average Bonchev–Trinajstić information content (AvgIpc) is 2.58. The van der Waals surface area contributed by atoms with Crippen molar-refractivity contribution in [3.8, 4) is 5.75 Å². The number of aromatic carboxylic acids is 1. The van der Waals surface area contributed by atoms with Crippen LogP contribution in [0.4, 0.5) is 0 Å². The van der Waals surface area contributed by atoms with Gasteiger partial charge >= 0.3 is 11.9 Å². The van der Waals surface area contributed by atoms with Crippen LogP contribution in [-0.2, 0) is 10.5 Å². The number of hydrogen-bond acceptors (Lipinski definition) is 5. The predicted octanol–water partition coefficient (Wildman–Crippen LogP) is 3.47. The molecule has 0 aromatic heterocycles. The Morgan fingerprint density at radius 3 is 2.39 bits per heavy atom. The largest absolute Gasteiger partial charge is 0.497 e. The van der Waals surface area contributed by atoms with Gasteiger partial charge in [-0.25, -0.2) is 9.59 Å². The number of benzene rings is 2. The van der Waals surface area contributed by atoms with Gasteiger partial charge in [0, 0.05) is 10.6 Å². The van der Waals surface area contributed by atoms with Crippen molar-refractivity contribution in [2.75, 3.05) is 14.2 Å². The molecule has 23 heavy (non-hydrogen) atoms. The molecule has 2 aromatic carbocycles. The number of thioether (sulfide) groups is 1. The molecule has 2 aromatic rings. The number of carbonyl (C=O) groups is 2. The van der Waals surface area contributed by atoms with Crippen molar-refractivity contribution in [3.63, 3.8) is 0 Å². The number of carboxylic acids is 1. The van der Waals surface area contributed by atoms with Gasteiger partial charge in [0.15, 0.2) is 0 Å². The summed E-state index contributed by atoms with van der Waals surface area (Å²) < 4.78 is 9.85. The minimum Gasteiger partial charge on any atom is -0.497 e. The summed E-state index contributed by atoms with van der Waals surface area (Å²) in [6.45, 7) is 0. The van der Waals surface area contributed by atoms with Gasteiger partial charge in [-0.1, -0.05) is 18.2 Å². The van der Waals surface area contributed by atoms with Crippen LogP contribution in [0.25, 0.3) is 0 Å². The van der Waals surface area contributed by atoms with Gasteiger partial charge in [0.25, 0.3) is 0 Å². The van der Waals surface area contributed by atoms with Gasteiger partial charge in [-0.15, -0.1) is 11.8 Å². The molecule has 0 amide bonds. The molecule has 0 saturated heterocycles. The Morgan fingerprint density at radius 1 is 1.13 bits per heavy atom. The van der Waals surface area contributed by atoms with Crippen molar-refractivity contribution in [3.05, 3.63) is 59.2 Å². The molecule has 0 saturated carbocycles.